The molecule has 0 aromatic heterocycles. The Morgan fingerprint density at radius 2 is 2.06 bits per heavy atom. The van der Waals surface area contributed by atoms with Crippen molar-refractivity contribution in [3.05, 3.63) is 22.2 Å². The molecule has 0 fully saturated rings. The molecule has 0 saturated carbocycles. The van der Waals surface area contributed by atoms with Crippen molar-refractivity contribution in [2.24, 2.45) is 5.92 Å². The number of rotatable bonds is 4. The third-order valence-corrected chi connectivity index (χ3v) is 3.54. The van der Waals surface area contributed by atoms with Crippen molar-refractivity contribution < 1.29 is 5.11 Å². The van der Waals surface area contributed by atoms with E-state index in [2.05, 4.69) is 28.2 Å². The van der Waals surface area contributed by atoms with Gasteiger partial charge in [0.05, 0.1) is 0 Å². The van der Waals surface area contributed by atoms with Gasteiger partial charge in [-0.2, -0.15) is 0 Å². The molecule has 16 heavy (non-hydrogen) atoms. The van der Waals surface area contributed by atoms with Crippen LogP contribution in [0.5, 0.6) is 0 Å². The highest BCUT2D eigenvalue weighted by Crippen LogP contribution is 2.28. The van der Waals surface area contributed by atoms with Gasteiger partial charge in [0.2, 0.25) is 0 Å². The summed E-state index contributed by atoms with van der Waals surface area (Å²) in [7, 11) is 0. The van der Waals surface area contributed by atoms with Crippen molar-refractivity contribution in [3.8, 4) is 0 Å². The number of nitrogen functional groups attached to an aromatic ring is 1. The molecule has 0 aliphatic rings. The lowest BCUT2D eigenvalue weighted by atomic mass is 10.0. The number of nitrogens with two attached hydrogens (primary N) is 1. The number of halogens is 1. The van der Waals surface area contributed by atoms with Gasteiger partial charge in [-0.3, -0.25) is 0 Å². The third kappa shape index (κ3) is 3.12. The molecule has 0 saturated heterocycles. The van der Waals surface area contributed by atoms with Gasteiger partial charge in [0.1, 0.15) is 0 Å². The summed E-state index contributed by atoms with van der Waals surface area (Å²) < 4.78 is 0.951. The standard InChI is InChI=1S/C12H19BrN2O/c1-7-4-12(10(13)5-11(7)14)15-9(3)8(2)6-16/h4-5,8-9,15-16H,6,14H2,1-3H3. The van der Waals surface area contributed by atoms with Gasteiger partial charge in [0, 0.05) is 28.5 Å². The van der Waals surface area contributed by atoms with Crippen molar-refractivity contribution in [1.82, 2.24) is 0 Å². The third-order valence-electron chi connectivity index (χ3n) is 2.88. The van der Waals surface area contributed by atoms with Crippen LogP contribution < -0.4 is 11.1 Å². The van der Waals surface area contributed by atoms with Gasteiger partial charge >= 0.3 is 0 Å². The number of benzene rings is 1. The fourth-order valence-electron chi connectivity index (χ4n) is 1.35. The molecule has 0 aliphatic heterocycles. The van der Waals surface area contributed by atoms with E-state index >= 15 is 0 Å². The fraction of sp³-hybridized carbons (Fsp3) is 0.500. The largest absolute Gasteiger partial charge is 0.398 e. The second-order valence-electron chi connectivity index (χ2n) is 4.28. The van der Waals surface area contributed by atoms with Gasteiger partial charge in [-0.15, -0.1) is 0 Å². The molecule has 1 aromatic rings. The Hall–Kier alpha value is -0.740. The maximum absolute atomic E-state index is 9.08. The monoisotopic (exact) mass is 286 g/mol. The topological polar surface area (TPSA) is 58.3 Å². The average Bonchev–Trinajstić information content (AvgIpc) is 2.24. The van der Waals surface area contributed by atoms with E-state index in [1.165, 1.54) is 0 Å². The number of anilines is 2. The Kier molecular flexibility index (Phi) is 4.62. The van der Waals surface area contributed by atoms with E-state index in [9.17, 15) is 0 Å². The highest BCUT2D eigenvalue weighted by Gasteiger charge is 2.12. The molecule has 4 N–H and O–H groups in total. The summed E-state index contributed by atoms with van der Waals surface area (Å²) in [6, 6.07) is 4.12. The van der Waals surface area contributed by atoms with Crippen LogP contribution in [0.4, 0.5) is 11.4 Å². The molecule has 90 valence electrons. The number of aryl methyl sites for hydroxylation is 1. The summed E-state index contributed by atoms with van der Waals surface area (Å²) in [5.74, 6) is 0.213. The lowest BCUT2D eigenvalue weighted by molar-refractivity contribution is 0.226. The fourth-order valence-corrected chi connectivity index (χ4v) is 1.83. The first-order chi connectivity index (χ1) is 7.45. The molecule has 3 nitrogen and oxygen atoms in total. The van der Waals surface area contributed by atoms with Crippen LogP contribution in [0, 0.1) is 12.8 Å². The molecule has 0 bridgehead atoms. The summed E-state index contributed by atoms with van der Waals surface area (Å²) >= 11 is 3.48. The van der Waals surface area contributed by atoms with E-state index < -0.39 is 0 Å². The van der Waals surface area contributed by atoms with Gasteiger partial charge in [-0.25, -0.2) is 0 Å². The normalized spacial score (nSPS) is 14.6. The zero-order chi connectivity index (χ0) is 12.3. The molecule has 2 atom stereocenters. The Morgan fingerprint density at radius 3 is 2.62 bits per heavy atom. The highest BCUT2D eigenvalue weighted by atomic mass is 79.9. The Morgan fingerprint density at radius 1 is 1.44 bits per heavy atom. The summed E-state index contributed by atoms with van der Waals surface area (Å²) in [6.45, 7) is 6.22. The molecule has 1 aromatic carbocycles. The average molecular weight is 287 g/mol. The van der Waals surface area contributed by atoms with Gasteiger partial charge in [0.25, 0.3) is 0 Å². The maximum atomic E-state index is 9.08. The van der Waals surface area contributed by atoms with Crippen molar-refractivity contribution in [1.29, 1.82) is 0 Å². The van der Waals surface area contributed by atoms with Crippen LogP contribution in [0.25, 0.3) is 0 Å². The zero-order valence-electron chi connectivity index (χ0n) is 9.92. The van der Waals surface area contributed by atoms with Gasteiger partial charge in [0.15, 0.2) is 0 Å². The molecule has 0 amide bonds. The minimum atomic E-state index is 0.180. The number of nitrogens with one attached hydrogen (secondary N) is 1. The predicted molar refractivity (Wildman–Crippen MR) is 72.6 cm³/mol. The van der Waals surface area contributed by atoms with Crippen molar-refractivity contribution in [3.63, 3.8) is 0 Å². The smallest absolute Gasteiger partial charge is 0.0490 e. The number of hydrogen-bond acceptors (Lipinski definition) is 3. The zero-order valence-corrected chi connectivity index (χ0v) is 11.5. The summed E-state index contributed by atoms with van der Waals surface area (Å²) in [6.07, 6.45) is 0. The van der Waals surface area contributed by atoms with Crippen LogP contribution in [0.1, 0.15) is 19.4 Å². The second-order valence-corrected chi connectivity index (χ2v) is 5.14. The SMILES string of the molecule is Cc1cc(NC(C)C(C)CO)c(Br)cc1N. The summed E-state index contributed by atoms with van der Waals surface area (Å²) in [5, 5.41) is 12.4. The van der Waals surface area contributed by atoms with Gasteiger partial charge in [-0.1, -0.05) is 6.92 Å². The van der Waals surface area contributed by atoms with Crippen LogP contribution in [0.3, 0.4) is 0 Å². The summed E-state index contributed by atoms with van der Waals surface area (Å²) in [5.41, 5.74) is 8.65. The van der Waals surface area contributed by atoms with Crippen LogP contribution in [0.2, 0.25) is 0 Å². The van der Waals surface area contributed by atoms with E-state index in [0.29, 0.717) is 0 Å². The van der Waals surface area contributed by atoms with E-state index in [1.807, 2.05) is 26.0 Å². The summed E-state index contributed by atoms with van der Waals surface area (Å²) in [4.78, 5) is 0. The minimum Gasteiger partial charge on any atom is -0.398 e. The van der Waals surface area contributed by atoms with Gasteiger partial charge < -0.3 is 16.2 Å². The first kappa shape index (κ1) is 13.3. The molecule has 0 spiro atoms. The van der Waals surface area contributed by atoms with Crippen LogP contribution >= 0.6 is 15.9 Å². The molecule has 4 heteroatoms. The van der Waals surface area contributed by atoms with E-state index in [-0.39, 0.29) is 18.6 Å². The van der Waals surface area contributed by atoms with Crippen molar-refractivity contribution in [2.45, 2.75) is 26.8 Å². The van der Waals surface area contributed by atoms with Gasteiger partial charge in [-0.05, 0) is 53.4 Å². The second kappa shape index (κ2) is 5.55. The van der Waals surface area contributed by atoms with E-state index in [4.69, 9.17) is 10.8 Å². The highest BCUT2D eigenvalue weighted by molar-refractivity contribution is 9.10. The molecule has 1 rings (SSSR count). The quantitative estimate of drug-likeness (QED) is 0.746. The molecule has 2 unspecified atom stereocenters. The van der Waals surface area contributed by atoms with E-state index in [1.54, 1.807) is 0 Å². The van der Waals surface area contributed by atoms with E-state index in [0.717, 1.165) is 21.4 Å². The van der Waals surface area contributed by atoms with Crippen molar-refractivity contribution >= 4 is 27.3 Å². The van der Waals surface area contributed by atoms with Crippen molar-refractivity contribution in [2.75, 3.05) is 17.7 Å². The first-order valence-electron chi connectivity index (χ1n) is 5.38. The number of aliphatic hydroxyl groups is 1. The molecule has 0 radical (unpaired) electrons. The minimum absolute atomic E-state index is 0.180. The predicted octanol–water partition coefficient (Wildman–Crippen LogP) is 2.77. The van der Waals surface area contributed by atoms with Crippen LogP contribution in [0.15, 0.2) is 16.6 Å². The molecular formula is C12H19BrN2O. The number of hydrogen-bond donors (Lipinski definition) is 3. The molecule has 0 aliphatic carbocycles. The first-order valence-corrected chi connectivity index (χ1v) is 6.18. The lowest BCUT2D eigenvalue weighted by Gasteiger charge is -2.22. The Bertz CT molecular complexity index is 368. The molecule has 0 heterocycles. The number of aliphatic hydroxyl groups excluding tert-OH is 1. The maximum Gasteiger partial charge on any atom is 0.0490 e. The lowest BCUT2D eigenvalue weighted by Crippen LogP contribution is -2.26. The van der Waals surface area contributed by atoms with Crippen LogP contribution in [-0.2, 0) is 0 Å². The Balaban J connectivity index is 2.85. The Labute approximate surface area is 105 Å². The van der Waals surface area contributed by atoms with Crippen LogP contribution in [-0.4, -0.2) is 17.8 Å². The molecular weight excluding hydrogens is 268 g/mol.